The number of carbonyl (C=O) groups is 3. The summed E-state index contributed by atoms with van der Waals surface area (Å²) in [6.45, 7) is 5.34. The van der Waals surface area contributed by atoms with Crippen molar-refractivity contribution in [2.24, 2.45) is 11.8 Å². The van der Waals surface area contributed by atoms with Crippen LogP contribution in [-0.4, -0.2) is 36.2 Å². The predicted octanol–water partition coefficient (Wildman–Crippen LogP) is 3.42. The van der Waals surface area contributed by atoms with Crippen molar-refractivity contribution < 1.29 is 29.0 Å². The zero-order valence-corrected chi connectivity index (χ0v) is 19.4. The lowest BCUT2D eigenvalue weighted by Crippen LogP contribution is -2.46. The molecule has 2 bridgehead atoms. The number of hydrogen-bond acceptors (Lipinski definition) is 7. The van der Waals surface area contributed by atoms with E-state index >= 15 is 0 Å². The van der Waals surface area contributed by atoms with Crippen molar-refractivity contribution in [1.82, 2.24) is 0 Å². The van der Waals surface area contributed by atoms with Gasteiger partial charge in [0.1, 0.15) is 10.6 Å². The number of fused-ring (bicyclic) bond motifs is 2. The number of nitrogens with one attached hydrogen (secondary N) is 1. The van der Waals surface area contributed by atoms with E-state index < -0.39 is 41.9 Å². The second-order valence-electron chi connectivity index (χ2n) is 8.35. The van der Waals surface area contributed by atoms with Gasteiger partial charge in [0.25, 0.3) is 0 Å². The van der Waals surface area contributed by atoms with Crippen molar-refractivity contribution >= 4 is 45.8 Å². The lowest BCUT2D eigenvalue weighted by Gasteiger charge is -2.27. The van der Waals surface area contributed by atoms with Gasteiger partial charge < -0.3 is 24.7 Å². The van der Waals surface area contributed by atoms with Gasteiger partial charge in [-0.05, 0) is 51.3 Å². The third kappa shape index (κ3) is 4.14. The molecule has 1 aromatic heterocycles. The highest BCUT2D eigenvalue weighted by Crippen LogP contribution is 2.45. The molecule has 1 amide bonds. The topological polar surface area (TPSA) is 105 Å². The van der Waals surface area contributed by atoms with Crippen molar-refractivity contribution in [3.05, 3.63) is 39.7 Å². The first-order valence-corrected chi connectivity index (χ1v) is 11.6. The van der Waals surface area contributed by atoms with Crippen LogP contribution >= 0.6 is 22.9 Å². The Morgan fingerprint density at radius 3 is 2.38 bits per heavy atom. The molecule has 3 heterocycles. The Hall–Kier alpha value is -2.42. The molecule has 0 unspecified atom stereocenters. The number of amides is 1. The van der Waals surface area contributed by atoms with Gasteiger partial charge in [0, 0.05) is 27.4 Å². The van der Waals surface area contributed by atoms with Gasteiger partial charge >= 0.3 is 5.97 Å². The van der Waals surface area contributed by atoms with Crippen molar-refractivity contribution in [2.45, 2.75) is 51.9 Å². The molecule has 2 saturated heterocycles. The van der Waals surface area contributed by atoms with Gasteiger partial charge in [-0.15, -0.1) is 11.3 Å². The Balaban J connectivity index is 1.71. The molecule has 1 N–H and O–H groups in total. The monoisotopic (exact) mass is 476 g/mol. The first kappa shape index (κ1) is 22.8. The van der Waals surface area contributed by atoms with E-state index in [0.717, 1.165) is 10.4 Å². The maximum atomic E-state index is 13.2. The minimum atomic E-state index is -1.29. The van der Waals surface area contributed by atoms with Crippen molar-refractivity contribution in [3.8, 4) is 11.1 Å². The Kier molecular flexibility index (Phi) is 6.29. The molecule has 4 rings (SSSR count). The zero-order chi connectivity index (χ0) is 23.2. The Labute approximate surface area is 194 Å². The number of carboxylic acids is 1. The average molecular weight is 477 g/mol. The summed E-state index contributed by atoms with van der Waals surface area (Å²) in [6.07, 6.45) is -0.121. The molecule has 7 nitrogen and oxygen atoms in total. The summed E-state index contributed by atoms with van der Waals surface area (Å²) in [7, 11) is 0. The fraction of sp³-hybridized carbons (Fsp3) is 0.435. The number of hydrogen-bond donors (Lipinski definition) is 1. The van der Waals surface area contributed by atoms with E-state index in [4.69, 9.17) is 21.1 Å². The van der Waals surface area contributed by atoms with E-state index in [9.17, 15) is 19.5 Å². The van der Waals surface area contributed by atoms with Gasteiger partial charge in [-0.2, -0.15) is 0 Å². The molecule has 0 saturated carbocycles. The molecular weight excluding hydrogens is 454 g/mol. The van der Waals surface area contributed by atoms with Crippen LogP contribution in [0.4, 0.5) is 5.00 Å². The van der Waals surface area contributed by atoms with Crippen LogP contribution in [0, 0.1) is 18.8 Å². The van der Waals surface area contributed by atoms with Crippen LogP contribution in [0.5, 0.6) is 0 Å². The van der Waals surface area contributed by atoms with Crippen molar-refractivity contribution in [2.75, 3.05) is 5.32 Å². The Morgan fingerprint density at radius 1 is 1.16 bits per heavy atom. The largest absolute Gasteiger partial charge is 0.550 e. The summed E-state index contributed by atoms with van der Waals surface area (Å²) < 4.78 is 11.1. The number of esters is 1. The number of carbonyl (C=O) groups excluding carboxylic acids is 3. The minimum Gasteiger partial charge on any atom is -0.550 e. The van der Waals surface area contributed by atoms with E-state index in [-0.39, 0.29) is 11.7 Å². The number of thiophene rings is 1. The van der Waals surface area contributed by atoms with Gasteiger partial charge in [-0.25, -0.2) is 4.79 Å². The second-order valence-corrected chi connectivity index (χ2v) is 10.0. The third-order valence-corrected chi connectivity index (χ3v) is 7.12. The van der Waals surface area contributed by atoms with E-state index in [2.05, 4.69) is 5.32 Å². The highest BCUT2D eigenvalue weighted by Gasteiger charge is 2.53. The summed E-state index contributed by atoms with van der Waals surface area (Å²) in [6, 6.07) is 7.04. The van der Waals surface area contributed by atoms with Crippen LogP contribution in [-0.2, 0) is 19.1 Å². The first-order chi connectivity index (χ1) is 15.2. The van der Waals surface area contributed by atoms with Crippen molar-refractivity contribution in [3.63, 3.8) is 0 Å². The van der Waals surface area contributed by atoms with E-state index in [1.54, 1.807) is 38.1 Å². The van der Waals surface area contributed by atoms with Crippen LogP contribution in [0.2, 0.25) is 5.02 Å². The number of anilines is 1. The molecule has 9 heteroatoms. The van der Waals surface area contributed by atoms with Crippen LogP contribution in [0.1, 0.15) is 41.9 Å². The van der Waals surface area contributed by atoms with E-state index in [1.165, 1.54) is 11.3 Å². The summed E-state index contributed by atoms with van der Waals surface area (Å²) in [5, 5.41) is 15.4. The fourth-order valence-corrected chi connectivity index (χ4v) is 5.76. The second kappa shape index (κ2) is 8.84. The smallest absolute Gasteiger partial charge is 0.342 e. The van der Waals surface area contributed by atoms with Gasteiger partial charge in [0.15, 0.2) is 0 Å². The zero-order valence-electron chi connectivity index (χ0n) is 17.8. The maximum Gasteiger partial charge on any atom is 0.342 e. The molecule has 4 atom stereocenters. The lowest BCUT2D eigenvalue weighted by molar-refractivity contribution is -0.313. The molecule has 1 aromatic carbocycles. The fourth-order valence-electron chi connectivity index (χ4n) is 4.57. The molecule has 0 radical (unpaired) electrons. The van der Waals surface area contributed by atoms with Crippen LogP contribution in [0.3, 0.4) is 0 Å². The Morgan fingerprint density at radius 2 is 1.78 bits per heavy atom. The highest BCUT2D eigenvalue weighted by molar-refractivity contribution is 7.17. The third-order valence-electron chi connectivity index (χ3n) is 5.85. The Bertz CT molecular complexity index is 1060. The number of halogens is 1. The minimum absolute atomic E-state index is 0.242. The first-order valence-electron chi connectivity index (χ1n) is 10.4. The number of benzene rings is 1. The molecule has 2 aliphatic rings. The number of aliphatic carboxylic acids is 1. The summed E-state index contributed by atoms with van der Waals surface area (Å²) in [5.74, 6) is -4.22. The number of carboxylic acid groups (broad SMARTS) is 1. The van der Waals surface area contributed by atoms with Gasteiger partial charge in [-0.1, -0.05) is 23.7 Å². The maximum absolute atomic E-state index is 13.2. The summed E-state index contributed by atoms with van der Waals surface area (Å²) in [4.78, 5) is 38.7. The molecule has 0 spiro atoms. The molecule has 2 aromatic rings. The number of ether oxygens (including phenoxy) is 2. The van der Waals surface area contributed by atoms with Gasteiger partial charge in [-0.3, -0.25) is 4.79 Å². The summed E-state index contributed by atoms with van der Waals surface area (Å²) in [5.41, 5.74) is 1.65. The average Bonchev–Trinajstić information content (AvgIpc) is 3.41. The normalized spacial score (nSPS) is 24.0. The summed E-state index contributed by atoms with van der Waals surface area (Å²) >= 11 is 7.26. The molecular formula is C23H23ClNO6S-. The highest BCUT2D eigenvalue weighted by atomic mass is 35.5. The van der Waals surface area contributed by atoms with Crippen LogP contribution < -0.4 is 10.4 Å². The number of aryl methyl sites for hydroxylation is 1. The van der Waals surface area contributed by atoms with Crippen LogP contribution in [0.25, 0.3) is 11.1 Å². The van der Waals surface area contributed by atoms with E-state index in [1.807, 2.05) is 6.92 Å². The quantitative estimate of drug-likeness (QED) is 0.640. The molecule has 2 fully saturated rings. The van der Waals surface area contributed by atoms with Crippen molar-refractivity contribution in [1.29, 1.82) is 0 Å². The molecule has 170 valence electrons. The van der Waals surface area contributed by atoms with Crippen LogP contribution in [0.15, 0.2) is 24.3 Å². The molecule has 2 aliphatic heterocycles. The van der Waals surface area contributed by atoms with Gasteiger partial charge in [0.2, 0.25) is 5.91 Å². The SMILES string of the molecule is Cc1sc(NC(=O)[C@@H]2[C@@H](C(=O)[O-])[C@H]3CC[C@@H]2O3)c(C(=O)OC(C)C)c1-c1ccc(Cl)cc1. The predicted molar refractivity (Wildman–Crippen MR) is 119 cm³/mol. The van der Waals surface area contributed by atoms with Gasteiger partial charge in [0.05, 0.1) is 24.2 Å². The molecule has 0 aliphatic carbocycles. The lowest BCUT2D eigenvalue weighted by atomic mass is 9.78. The molecule has 32 heavy (non-hydrogen) atoms. The standard InChI is InChI=1S/C23H24ClNO6S/c1-10(2)30-23(29)19-16(12-4-6-13(24)7-5-12)11(3)32-21(19)25-20(26)17-14-8-9-15(31-14)18(17)22(27)28/h4-7,10,14-15,17-18H,8-9H2,1-3H3,(H,25,26)(H,27,28)/p-1/t14-,15+,17-,18-/m0/s1. The van der Waals surface area contributed by atoms with E-state index in [0.29, 0.717) is 28.4 Å². The number of rotatable bonds is 6.